The summed E-state index contributed by atoms with van der Waals surface area (Å²) in [6, 6.07) is 10.4. The summed E-state index contributed by atoms with van der Waals surface area (Å²) in [5.41, 5.74) is 3.81. The zero-order chi connectivity index (χ0) is 16.8. The fourth-order valence-corrected chi connectivity index (χ4v) is 2.75. The number of unbranched alkanes of at least 4 members (excludes halogenated alkanes) is 6. The number of allylic oxidation sites excluding steroid dienone is 2. The van der Waals surface area contributed by atoms with Crippen molar-refractivity contribution in [2.75, 3.05) is 0 Å². The zero-order valence-electron chi connectivity index (χ0n) is 15.5. The number of para-hydroxylation sites is 1. The Balaban J connectivity index is 2.64. The molecule has 0 fully saturated rings. The minimum Gasteiger partial charge on any atom is -0.253 e. The summed E-state index contributed by atoms with van der Waals surface area (Å²) in [7, 11) is 0. The van der Waals surface area contributed by atoms with Gasteiger partial charge in [0.25, 0.3) is 0 Å². The third kappa shape index (κ3) is 10.1. The van der Waals surface area contributed by atoms with Crippen LogP contribution in [-0.4, -0.2) is 5.71 Å². The lowest BCUT2D eigenvalue weighted by Gasteiger charge is -2.06. The standard InChI is InChI=1S/C22H35N/c1-4-6-8-11-15-20(3)19-22(18-12-9-7-5-2)23-21-16-13-10-14-17-21/h10,13-14,16-17,19H,4-9,11-12,15,18H2,1-3H3. The quantitative estimate of drug-likeness (QED) is 0.277. The van der Waals surface area contributed by atoms with E-state index >= 15 is 0 Å². The Morgan fingerprint density at radius 2 is 1.43 bits per heavy atom. The van der Waals surface area contributed by atoms with E-state index in [0.29, 0.717) is 0 Å². The van der Waals surface area contributed by atoms with Crippen molar-refractivity contribution in [3.05, 3.63) is 42.0 Å². The Bertz CT molecular complexity index is 456. The van der Waals surface area contributed by atoms with Crippen LogP contribution in [0.15, 0.2) is 47.0 Å². The van der Waals surface area contributed by atoms with Crippen LogP contribution in [0.1, 0.15) is 85.0 Å². The van der Waals surface area contributed by atoms with Gasteiger partial charge in [-0.2, -0.15) is 0 Å². The maximum absolute atomic E-state index is 4.88. The predicted octanol–water partition coefficient (Wildman–Crippen LogP) is 7.65. The minimum atomic E-state index is 1.08. The van der Waals surface area contributed by atoms with Gasteiger partial charge in [-0.15, -0.1) is 0 Å². The molecule has 0 N–H and O–H groups in total. The van der Waals surface area contributed by atoms with Gasteiger partial charge >= 0.3 is 0 Å². The van der Waals surface area contributed by atoms with E-state index in [9.17, 15) is 0 Å². The van der Waals surface area contributed by atoms with Crippen LogP contribution in [0.25, 0.3) is 0 Å². The molecular formula is C22H35N. The molecular weight excluding hydrogens is 278 g/mol. The molecule has 1 aromatic carbocycles. The predicted molar refractivity (Wildman–Crippen MR) is 105 cm³/mol. The summed E-state index contributed by atoms with van der Waals surface area (Å²) in [5.74, 6) is 0. The molecule has 0 saturated carbocycles. The first-order chi connectivity index (χ1) is 11.3. The number of hydrogen-bond acceptors (Lipinski definition) is 1. The SMILES string of the molecule is CCCCCCC(C)=CC(CCCCCC)=Nc1ccccc1. The summed E-state index contributed by atoms with van der Waals surface area (Å²) >= 11 is 0. The summed E-state index contributed by atoms with van der Waals surface area (Å²) in [6.45, 7) is 6.79. The Kier molecular flexibility index (Phi) is 11.2. The third-order valence-electron chi connectivity index (χ3n) is 4.15. The summed E-state index contributed by atoms with van der Waals surface area (Å²) in [6.07, 6.45) is 15.2. The van der Waals surface area contributed by atoms with Crippen molar-refractivity contribution in [1.29, 1.82) is 0 Å². The Morgan fingerprint density at radius 1 is 0.826 bits per heavy atom. The molecule has 0 heterocycles. The van der Waals surface area contributed by atoms with Crippen molar-refractivity contribution in [2.24, 2.45) is 4.99 Å². The largest absolute Gasteiger partial charge is 0.253 e. The Morgan fingerprint density at radius 3 is 2.04 bits per heavy atom. The summed E-state index contributed by atoms with van der Waals surface area (Å²) in [5, 5.41) is 0. The van der Waals surface area contributed by atoms with Gasteiger partial charge in [-0.1, -0.05) is 76.1 Å². The second-order valence-corrected chi connectivity index (χ2v) is 6.55. The first kappa shape index (κ1) is 19.7. The lowest BCUT2D eigenvalue weighted by molar-refractivity contribution is 0.664. The number of benzene rings is 1. The van der Waals surface area contributed by atoms with Gasteiger partial charge in [0.05, 0.1) is 5.69 Å². The summed E-state index contributed by atoms with van der Waals surface area (Å²) < 4.78 is 0. The normalized spacial score (nSPS) is 12.7. The molecule has 0 bridgehead atoms. The lowest BCUT2D eigenvalue weighted by atomic mass is 10.0. The highest BCUT2D eigenvalue weighted by Crippen LogP contribution is 2.16. The van der Waals surface area contributed by atoms with E-state index in [2.05, 4.69) is 57.2 Å². The molecule has 1 rings (SSSR count). The highest BCUT2D eigenvalue weighted by molar-refractivity contribution is 5.97. The molecule has 0 radical (unpaired) electrons. The van der Waals surface area contributed by atoms with Crippen LogP contribution < -0.4 is 0 Å². The van der Waals surface area contributed by atoms with Crippen molar-refractivity contribution < 1.29 is 0 Å². The molecule has 23 heavy (non-hydrogen) atoms. The van der Waals surface area contributed by atoms with Crippen molar-refractivity contribution in [3.63, 3.8) is 0 Å². The van der Waals surface area contributed by atoms with Crippen LogP contribution in [-0.2, 0) is 0 Å². The van der Waals surface area contributed by atoms with E-state index in [4.69, 9.17) is 4.99 Å². The van der Waals surface area contributed by atoms with Crippen LogP contribution in [0.2, 0.25) is 0 Å². The molecule has 0 amide bonds. The first-order valence-electron chi connectivity index (χ1n) is 9.56. The van der Waals surface area contributed by atoms with Crippen molar-refractivity contribution in [3.8, 4) is 0 Å². The Hall–Kier alpha value is -1.37. The van der Waals surface area contributed by atoms with Crippen LogP contribution >= 0.6 is 0 Å². The van der Waals surface area contributed by atoms with E-state index in [1.807, 2.05) is 0 Å². The van der Waals surface area contributed by atoms with Crippen LogP contribution in [0, 0.1) is 0 Å². The Labute approximate surface area is 143 Å². The molecule has 0 unspecified atom stereocenters. The van der Waals surface area contributed by atoms with Gasteiger partial charge in [-0.25, -0.2) is 0 Å². The van der Waals surface area contributed by atoms with E-state index in [1.54, 1.807) is 0 Å². The molecule has 0 aliphatic heterocycles. The van der Waals surface area contributed by atoms with E-state index < -0.39 is 0 Å². The number of nitrogens with zero attached hydrogens (tertiary/aromatic N) is 1. The average Bonchev–Trinajstić information content (AvgIpc) is 2.56. The third-order valence-corrected chi connectivity index (χ3v) is 4.15. The van der Waals surface area contributed by atoms with Gasteiger partial charge in [0, 0.05) is 5.71 Å². The summed E-state index contributed by atoms with van der Waals surface area (Å²) in [4.78, 5) is 4.88. The highest BCUT2D eigenvalue weighted by atomic mass is 14.7. The molecule has 0 saturated heterocycles. The number of hydrogen-bond donors (Lipinski definition) is 0. The van der Waals surface area contributed by atoms with Crippen molar-refractivity contribution in [2.45, 2.75) is 85.0 Å². The monoisotopic (exact) mass is 313 g/mol. The second-order valence-electron chi connectivity index (χ2n) is 6.55. The van der Waals surface area contributed by atoms with Crippen LogP contribution in [0.5, 0.6) is 0 Å². The maximum atomic E-state index is 4.88. The molecule has 1 nitrogen and oxygen atoms in total. The second kappa shape index (κ2) is 13.1. The topological polar surface area (TPSA) is 12.4 Å². The molecule has 0 aliphatic rings. The minimum absolute atomic E-state index is 1.08. The van der Waals surface area contributed by atoms with Gasteiger partial charge in [0.15, 0.2) is 0 Å². The van der Waals surface area contributed by atoms with E-state index in [0.717, 1.165) is 12.1 Å². The molecule has 0 aromatic heterocycles. The smallest absolute Gasteiger partial charge is 0.0632 e. The van der Waals surface area contributed by atoms with E-state index in [-0.39, 0.29) is 0 Å². The van der Waals surface area contributed by atoms with Crippen LogP contribution in [0.4, 0.5) is 5.69 Å². The first-order valence-corrected chi connectivity index (χ1v) is 9.56. The maximum Gasteiger partial charge on any atom is 0.0632 e. The average molecular weight is 314 g/mol. The van der Waals surface area contributed by atoms with E-state index in [1.165, 1.54) is 69.1 Å². The fraction of sp³-hybridized carbons (Fsp3) is 0.591. The number of rotatable bonds is 12. The number of aliphatic imine (C=N–C) groups is 1. The fourth-order valence-electron chi connectivity index (χ4n) is 2.75. The molecule has 1 heteroatoms. The van der Waals surface area contributed by atoms with Gasteiger partial charge in [0.1, 0.15) is 0 Å². The molecule has 0 atom stereocenters. The molecule has 0 aliphatic carbocycles. The zero-order valence-corrected chi connectivity index (χ0v) is 15.5. The van der Waals surface area contributed by atoms with Gasteiger partial charge in [-0.05, 0) is 50.8 Å². The van der Waals surface area contributed by atoms with Crippen LogP contribution in [0.3, 0.4) is 0 Å². The molecule has 128 valence electrons. The molecule has 0 spiro atoms. The molecule has 1 aromatic rings. The van der Waals surface area contributed by atoms with Gasteiger partial charge < -0.3 is 0 Å². The lowest BCUT2D eigenvalue weighted by Crippen LogP contribution is -1.96. The van der Waals surface area contributed by atoms with Crippen molar-refractivity contribution >= 4 is 11.4 Å². The van der Waals surface area contributed by atoms with Crippen molar-refractivity contribution in [1.82, 2.24) is 0 Å². The van der Waals surface area contributed by atoms with Gasteiger partial charge in [-0.3, -0.25) is 4.99 Å². The highest BCUT2D eigenvalue weighted by Gasteiger charge is 2.00. The van der Waals surface area contributed by atoms with Gasteiger partial charge in [0.2, 0.25) is 0 Å².